The molecule has 0 unspecified atom stereocenters. The molecule has 1 aliphatic carbocycles. The van der Waals surface area contributed by atoms with Gasteiger partial charge in [0.15, 0.2) is 0 Å². The molecule has 1 aromatic rings. The monoisotopic (exact) mass is 303 g/mol. The highest BCUT2D eigenvalue weighted by Crippen LogP contribution is 2.21. The Morgan fingerprint density at radius 1 is 1.27 bits per heavy atom. The Labute approximate surface area is 130 Å². The SMILES string of the molecule is COC(=O)c1cc(CNC(=O)[C@H]2CC=CCC2)ccc1OC. The number of benzene rings is 1. The lowest BCUT2D eigenvalue weighted by Crippen LogP contribution is -2.30. The van der Waals surface area contributed by atoms with Gasteiger partial charge in [-0.3, -0.25) is 4.79 Å². The van der Waals surface area contributed by atoms with Crippen LogP contribution in [0.25, 0.3) is 0 Å². The van der Waals surface area contributed by atoms with Crippen LogP contribution in [-0.2, 0) is 16.1 Å². The second kappa shape index (κ2) is 7.64. The molecule has 1 aliphatic rings. The van der Waals surface area contributed by atoms with Crippen LogP contribution in [0.3, 0.4) is 0 Å². The van der Waals surface area contributed by atoms with Crippen molar-refractivity contribution >= 4 is 11.9 Å². The van der Waals surface area contributed by atoms with E-state index in [2.05, 4.69) is 17.5 Å². The van der Waals surface area contributed by atoms with Crippen LogP contribution in [0.15, 0.2) is 30.4 Å². The number of rotatable bonds is 5. The Balaban J connectivity index is 2.02. The zero-order valence-electron chi connectivity index (χ0n) is 12.9. The molecule has 0 fully saturated rings. The molecule has 0 saturated heterocycles. The van der Waals surface area contributed by atoms with Crippen LogP contribution in [0.5, 0.6) is 5.75 Å². The first kappa shape index (κ1) is 16.1. The first-order valence-electron chi connectivity index (χ1n) is 7.33. The highest BCUT2D eigenvalue weighted by Gasteiger charge is 2.19. The Bertz CT molecular complexity index is 580. The standard InChI is InChI=1S/C17H21NO4/c1-21-15-9-8-12(10-14(15)17(20)22-2)11-18-16(19)13-6-4-3-5-7-13/h3-4,8-10,13H,5-7,11H2,1-2H3,(H,18,19)/t13-/m0/s1. The van der Waals surface area contributed by atoms with Crippen LogP contribution in [0.1, 0.15) is 35.2 Å². The van der Waals surface area contributed by atoms with Crippen LogP contribution in [0.4, 0.5) is 0 Å². The topological polar surface area (TPSA) is 64.6 Å². The molecule has 118 valence electrons. The third-order valence-electron chi connectivity index (χ3n) is 3.78. The summed E-state index contributed by atoms with van der Waals surface area (Å²) >= 11 is 0. The van der Waals surface area contributed by atoms with Crippen molar-refractivity contribution in [3.63, 3.8) is 0 Å². The largest absolute Gasteiger partial charge is 0.496 e. The van der Waals surface area contributed by atoms with Crippen LogP contribution >= 0.6 is 0 Å². The smallest absolute Gasteiger partial charge is 0.341 e. The Morgan fingerprint density at radius 3 is 2.73 bits per heavy atom. The predicted molar refractivity (Wildman–Crippen MR) is 82.7 cm³/mol. The molecule has 5 heteroatoms. The summed E-state index contributed by atoms with van der Waals surface area (Å²) in [6.07, 6.45) is 6.79. The van der Waals surface area contributed by atoms with E-state index in [0.717, 1.165) is 24.8 Å². The zero-order valence-corrected chi connectivity index (χ0v) is 12.9. The number of carbonyl (C=O) groups is 2. The summed E-state index contributed by atoms with van der Waals surface area (Å²) in [7, 11) is 2.83. The first-order valence-corrected chi connectivity index (χ1v) is 7.33. The molecule has 0 heterocycles. The Morgan fingerprint density at radius 2 is 2.09 bits per heavy atom. The van der Waals surface area contributed by atoms with E-state index in [9.17, 15) is 9.59 Å². The van der Waals surface area contributed by atoms with E-state index in [4.69, 9.17) is 9.47 Å². The van der Waals surface area contributed by atoms with E-state index in [1.165, 1.54) is 14.2 Å². The second-order valence-electron chi connectivity index (χ2n) is 5.23. The summed E-state index contributed by atoms with van der Waals surface area (Å²) in [4.78, 5) is 23.8. The van der Waals surface area contributed by atoms with Crippen molar-refractivity contribution in [1.29, 1.82) is 0 Å². The second-order valence-corrected chi connectivity index (χ2v) is 5.23. The molecule has 0 aromatic heterocycles. The molecule has 5 nitrogen and oxygen atoms in total. The van der Waals surface area contributed by atoms with Crippen LogP contribution in [0, 0.1) is 5.92 Å². The number of allylic oxidation sites excluding steroid dienone is 2. The molecular weight excluding hydrogens is 282 g/mol. The fourth-order valence-electron chi connectivity index (χ4n) is 2.50. The maximum absolute atomic E-state index is 12.1. The summed E-state index contributed by atoms with van der Waals surface area (Å²) in [6.45, 7) is 0.382. The minimum absolute atomic E-state index is 0.0447. The van der Waals surface area contributed by atoms with Gasteiger partial charge in [-0.05, 0) is 37.0 Å². The van der Waals surface area contributed by atoms with Crippen molar-refractivity contribution in [3.05, 3.63) is 41.5 Å². The normalized spacial score (nSPS) is 16.9. The van der Waals surface area contributed by atoms with Gasteiger partial charge in [0.2, 0.25) is 5.91 Å². The molecule has 22 heavy (non-hydrogen) atoms. The van der Waals surface area contributed by atoms with Gasteiger partial charge in [-0.2, -0.15) is 0 Å². The number of esters is 1. The lowest BCUT2D eigenvalue weighted by molar-refractivity contribution is -0.125. The predicted octanol–water partition coefficient (Wildman–Crippen LogP) is 2.45. The summed E-state index contributed by atoms with van der Waals surface area (Å²) in [5.41, 5.74) is 1.19. The average molecular weight is 303 g/mol. The summed E-state index contributed by atoms with van der Waals surface area (Å²) in [6, 6.07) is 5.22. The van der Waals surface area contributed by atoms with Gasteiger partial charge in [0, 0.05) is 12.5 Å². The molecular formula is C17H21NO4. The van der Waals surface area contributed by atoms with Gasteiger partial charge in [0.05, 0.1) is 14.2 Å². The number of amides is 1. The van der Waals surface area contributed by atoms with Gasteiger partial charge in [-0.25, -0.2) is 4.79 Å². The molecule has 1 N–H and O–H groups in total. The molecule has 0 aliphatic heterocycles. The summed E-state index contributed by atoms with van der Waals surface area (Å²) in [5.74, 6) is 0.102. The summed E-state index contributed by atoms with van der Waals surface area (Å²) in [5, 5.41) is 2.92. The molecule has 0 bridgehead atoms. The van der Waals surface area contributed by atoms with E-state index in [1.807, 2.05) is 6.07 Å². The van der Waals surface area contributed by atoms with Gasteiger partial charge in [0.1, 0.15) is 11.3 Å². The fourth-order valence-corrected chi connectivity index (χ4v) is 2.50. The van der Waals surface area contributed by atoms with Gasteiger partial charge in [0.25, 0.3) is 0 Å². The molecule has 1 aromatic carbocycles. The van der Waals surface area contributed by atoms with E-state index in [1.54, 1.807) is 12.1 Å². The van der Waals surface area contributed by atoms with Gasteiger partial charge < -0.3 is 14.8 Å². The van der Waals surface area contributed by atoms with Crippen molar-refractivity contribution < 1.29 is 19.1 Å². The van der Waals surface area contributed by atoms with Gasteiger partial charge in [-0.15, -0.1) is 0 Å². The number of nitrogens with one attached hydrogen (secondary N) is 1. The number of hydrogen-bond acceptors (Lipinski definition) is 4. The quantitative estimate of drug-likeness (QED) is 0.670. The lowest BCUT2D eigenvalue weighted by Gasteiger charge is -2.17. The minimum atomic E-state index is -0.456. The third-order valence-corrected chi connectivity index (χ3v) is 3.78. The van der Waals surface area contributed by atoms with Crippen molar-refractivity contribution in [2.75, 3.05) is 14.2 Å². The molecule has 1 atom stereocenters. The Kier molecular flexibility index (Phi) is 5.58. The number of ether oxygens (including phenoxy) is 2. The molecule has 0 spiro atoms. The van der Waals surface area contributed by atoms with E-state index in [0.29, 0.717) is 17.9 Å². The van der Waals surface area contributed by atoms with E-state index < -0.39 is 5.97 Å². The van der Waals surface area contributed by atoms with Crippen molar-refractivity contribution in [1.82, 2.24) is 5.32 Å². The van der Waals surface area contributed by atoms with Gasteiger partial charge >= 0.3 is 5.97 Å². The number of carbonyl (C=O) groups excluding carboxylic acids is 2. The number of methoxy groups -OCH3 is 2. The highest BCUT2D eigenvalue weighted by molar-refractivity contribution is 5.92. The first-order chi connectivity index (χ1) is 10.7. The molecule has 1 amide bonds. The maximum atomic E-state index is 12.1. The minimum Gasteiger partial charge on any atom is -0.496 e. The van der Waals surface area contributed by atoms with Crippen molar-refractivity contribution in [3.8, 4) is 5.75 Å². The Hall–Kier alpha value is -2.30. The van der Waals surface area contributed by atoms with E-state index >= 15 is 0 Å². The van der Waals surface area contributed by atoms with E-state index in [-0.39, 0.29) is 11.8 Å². The molecule has 0 radical (unpaired) electrons. The molecule has 0 saturated carbocycles. The third kappa shape index (κ3) is 3.87. The summed E-state index contributed by atoms with van der Waals surface area (Å²) < 4.78 is 9.89. The lowest BCUT2D eigenvalue weighted by atomic mass is 9.93. The maximum Gasteiger partial charge on any atom is 0.341 e. The van der Waals surface area contributed by atoms with Crippen LogP contribution in [0.2, 0.25) is 0 Å². The van der Waals surface area contributed by atoms with Crippen LogP contribution in [-0.4, -0.2) is 26.1 Å². The van der Waals surface area contributed by atoms with Crippen molar-refractivity contribution in [2.24, 2.45) is 5.92 Å². The number of hydrogen-bond donors (Lipinski definition) is 1. The molecule has 2 rings (SSSR count). The highest BCUT2D eigenvalue weighted by atomic mass is 16.5. The van der Waals surface area contributed by atoms with Gasteiger partial charge in [-0.1, -0.05) is 18.2 Å². The van der Waals surface area contributed by atoms with Crippen molar-refractivity contribution in [2.45, 2.75) is 25.8 Å². The fraction of sp³-hybridized carbons (Fsp3) is 0.412. The average Bonchev–Trinajstić information content (AvgIpc) is 2.59. The zero-order chi connectivity index (χ0) is 15.9. The van der Waals surface area contributed by atoms with Crippen LogP contribution < -0.4 is 10.1 Å².